The van der Waals surface area contributed by atoms with Gasteiger partial charge in [0, 0.05) is 32.5 Å². The molecule has 2 nitrogen and oxygen atoms in total. The van der Waals surface area contributed by atoms with Crippen molar-refractivity contribution in [3.05, 3.63) is 44.6 Å². The van der Waals surface area contributed by atoms with Crippen LogP contribution in [0.2, 0.25) is 0 Å². The molecule has 7 heteroatoms. The lowest BCUT2D eigenvalue weighted by Crippen LogP contribution is -2.17. The van der Waals surface area contributed by atoms with Crippen LogP contribution in [0.15, 0.2) is 34.8 Å². The normalized spacial score (nSPS) is 11.4. The Morgan fingerprint density at radius 2 is 2.05 bits per heavy atom. The van der Waals surface area contributed by atoms with Gasteiger partial charge in [-0.3, -0.25) is 0 Å². The highest BCUT2D eigenvalue weighted by atomic mass is 79.9. The summed E-state index contributed by atoms with van der Waals surface area (Å²) in [5, 5.41) is 3.07. The number of ether oxygens (including phenoxy) is 1. The van der Waals surface area contributed by atoms with E-state index in [0.29, 0.717) is 12.2 Å². The van der Waals surface area contributed by atoms with Gasteiger partial charge in [0.15, 0.2) is 0 Å². The van der Waals surface area contributed by atoms with Gasteiger partial charge in [-0.15, -0.1) is 24.5 Å². The highest BCUT2D eigenvalue weighted by molar-refractivity contribution is 9.10. The summed E-state index contributed by atoms with van der Waals surface area (Å²) in [6, 6.07) is 7.79. The van der Waals surface area contributed by atoms with Gasteiger partial charge in [-0.05, 0) is 41.1 Å². The first kappa shape index (κ1) is 15.2. The van der Waals surface area contributed by atoms with Crippen molar-refractivity contribution in [2.45, 2.75) is 19.8 Å². The number of thiophene rings is 1. The summed E-state index contributed by atoms with van der Waals surface area (Å²) in [4.78, 5) is 2.26. The van der Waals surface area contributed by atoms with Crippen LogP contribution >= 0.6 is 27.3 Å². The third kappa shape index (κ3) is 4.42. The molecule has 0 aliphatic rings. The van der Waals surface area contributed by atoms with Gasteiger partial charge in [-0.1, -0.05) is 6.07 Å². The van der Waals surface area contributed by atoms with Crippen LogP contribution < -0.4 is 10.1 Å². The number of benzene rings is 1. The van der Waals surface area contributed by atoms with Crippen molar-refractivity contribution in [2.24, 2.45) is 0 Å². The number of aryl methyl sites for hydroxylation is 1. The van der Waals surface area contributed by atoms with E-state index in [-0.39, 0.29) is 5.75 Å². The zero-order valence-corrected chi connectivity index (χ0v) is 12.8. The van der Waals surface area contributed by atoms with Gasteiger partial charge in [-0.25, -0.2) is 0 Å². The van der Waals surface area contributed by atoms with Gasteiger partial charge in [0.2, 0.25) is 0 Å². The smallest absolute Gasteiger partial charge is 0.406 e. The summed E-state index contributed by atoms with van der Waals surface area (Å²) < 4.78 is 41.3. The van der Waals surface area contributed by atoms with Crippen molar-refractivity contribution >= 4 is 33.0 Å². The van der Waals surface area contributed by atoms with Crippen LogP contribution in [0.5, 0.6) is 5.75 Å². The molecule has 1 N–H and O–H groups in total. The van der Waals surface area contributed by atoms with Gasteiger partial charge < -0.3 is 10.1 Å². The molecule has 2 aromatic rings. The van der Waals surface area contributed by atoms with Crippen LogP contribution in [0.4, 0.5) is 18.9 Å². The van der Waals surface area contributed by atoms with Crippen LogP contribution in [-0.2, 0) is 6.54 Å². The maximum atomic E-state index is 12.1. The molecule has 0 aliphatic carbocycles. The molecule has 1 aromatic carbocycles. The Balaban J connectivity index is 2.01. The molecule has 0 atom stereocenters. The first-order chi connectivity index (χ1) is 9.33. The van der Waals surface area contributed by atoms with Gasteiger partial charge in [-0.2, -0.15) is 0 Å². The van der Waals surface area contributed by atoms with Gasteiger partial charge in [0.1, 0.15) is 5.75 Å². The number of nitrogens with one attached hydrogen (secondary N) is 1. The Kier molecular flexibility index (Phi) is 4.59. The van der Waals surface area contributed by atoms with E-state index < -0.39 is 6.36 Å². The molecule has 2 rings (SSSR count). The number of rotatable bonds is 4. The molecule has 0 bridgehead atoms. The lowest BCUT2D eigenvalue weighted by atomic mass is 10.3. The quantitative estimate of drug-likeness (QED) is 0.790. The molecule has 1 aromatic heterocycles. The SMILES string of the molecule is Cc1sc(CNc2cccc(OC(F)(F)F)c2)cc1Br. The van der Waals surface area contributed by atoms with Crippen LogP contribution in [0.25, 0.3) is 0 Å². The Morgan fingerprint density at radius 3 is 2.65 bits per heavy atom. The highest BCUT2D eigenvalue weighted by Crippen LogP contribution is 2.28. The zero-order chi connectivity index (χ0) is 14.8. The number of anilines is 1. The first-order valence-electron chi connectivity index (χ1n) is 5.68. The largest absolute Gasteiger partial charge is 0.573 e. The highest BCUT2D eigenvalue weighted by Gasteiger charge is 2.31. The fraction of sp³-hybridized carbons (Fsp3) is 0.231. The van der Waals surface area contributed by atoms with E-state index in [1.54, 1.807) is 17.4 Å². The standard InChI is InChI=1S/C13H11BrF3NOS/c1-8-12(14)6-11(20-8)7-18-9-3-2-4-10(5-9)19-13(15,16)17/h2-6,18H,7H2,1H3. The Bertz CT molecular complexity index is 578. The number of alkyl halides is 3. The van der Waals surface area contributed by atoms with E-state index in [0.717, 1.165) is 14.2 Å². The topological polar surface area (TPSA) is 21.3 Å². The van der Waals surface area contributed by atoms with Crippen LogP contribution in [-0.4, -0.2) is 6.36 Å². The van der Waals surface area contributed by atoms with Gasteiger partial charge >= 0.3 is 6.36 Å². The molecule has 108 valence electrons. The molecule has 0 spiro atoms. The molecule has 0 fully saturated rings. The van der Waals surface area contributed by atoms with Gasteiger partial charge in [0.25, 0.3) is 0 Å². The summed E-state index contributed by atoms with van der Waals surface area (Å²) in [5.41, 5.74) is 0.578. The Hall–Kier alpha value is -1.21. The molecule has 0 aliphatic heterocycles. The van der Waals surface area contributed by atoms with E-state index in [9.17, 15) is 13.2 Å². The van der Waals surface area contributed by atoms with E-state index in [1.807, 2.05) is 13.0 Å². The number of hydrogen-bond donors (Lipinski definition) is 1. The average Bonchev–Trinajstić information content (AvgIpc) is 2.65. The summed E-state index contributed by atoms with van der Waals surface area (Å²) >= 11 is 5.05. The maximum Gasteiger partial charge on any atom is 0.573 e. The van der Waals surface area contributed by atoms with E-state index >= 15 is 0 Å². The monoisotopic (exact) mass is 365 g/mol. The summed E-state index contributed by atoms with van der Waals surface area (Å²) in [5.74, 6) is -0.231. The van der Waals surface area contributed by atoms with Crippen LogP contribution in [0, 0.1) is 6.92 Å². The number of hydrogen-bond acceptors (Lipinski definition) is 3. The van der Waals surface area contributed by atoms with Crippen molar-refractivity contribution < 1.29 is 17.9 Å². The first-order valence-corrected chi connectivity index (χ1v) is 7.29. The molecule has 0 radical (unpaired) electrons. The molecule has 0 saturated heterocycles. The molecule has 0 saturated carbocycles. The Morgan fingerprint density at radius 1 is 1.30 bits per heavy atom. The second kappa shape index (κ2) is 6.05. The predicted molar refractivity (Wildman–Crippen MR) is 77.2 cm³/mol. The van der Waals surface area contributed by atoms with Crippen molar-refractivity contribution in [3.63, 3.8) is 0 Å². The van der Waals surface area contributed by atoms with E-state index in [2.05, 4.69) is 26.0 Å². The zero-order valence-electron chi connectivity index (χ0n) is 10.4. The lowest BCUT2D eigenvalue weighted by Gasteiger charge is -2.10. The van der Waals surface area contributed by atoms with Crippen molar-refractivity contribution in [2.75, 3.05) is 5.32 Å². The van der Waals surface area contributed by atoms with Crippen molar-refractivity contribution in [1.29, 1.82) is 0 Å². The van der Waals surface area contributed by atoms with Crippen molar-refractivity contribution in [1.82, 2.24) is 0 Å². The Labute approximate surface area is 126 Å². The lowest BCUT2D eigenvalue weighted by molar-refractivity contribution is -0.274. The van der Waals surface area contributed by atoms with Crippen LogP contribution in [0.1, 0.15) is 9.75 Å². The number of halogens is 4. The molecule has 1 heterocycles. The van der Waals surface area contributed by atoms with E-state index in [1.165, 1.54) is 18.2 Å². The molecule has 0 unspecified atom stereocenters. The summed E-state index contributed by atoms with van der Waals surface area (Å²) in [6.45, 7) is 2.54. The average molecular weight is 366 g/mol. The fourth-order valence-electron chi connectivity index (χ4n) is 1.60. The predicted octanol–water partition coefficient (Wildman–Crippen LogP) is 5.33. The molecule has 20 heavy (non-hydrogen) atoms. The summed E-state index contributed by atoms with van der Waals surface area (Å²) in [7, 11) is 0. The molecular weight excluding hydrogens is 355 g/mol. The maximum absolute atomic E-state index is 12.1. The van der Waals surface area contributed by atoms with E-state index in [4.69, 9.17) is 0 Å². The minimum absolute atomic E-state index is 0.231. The minimum atomic E-state index is -4.67. The minimum Gasteiger partial charge on any atom is -0.406 e. The van der Waals surface area contributed by atoms with Crippen molar-refractivity contribution in [3.8, 4) is 5.75 Å². The molecule has 0 amide bonds. The van der Waals surface area contributed by atoms with Crippen LogP contribution in [0.3, 0.4) is 0 Å². The third-order valence-corrected chi connectivity index (χ3v) is 4.58. The second-order valence-electron chi connectivity index (χ2n) is 4.05. The summed E-state index contributed by atoms with van der Waals surface area (Å²) in [6.07, 6.45) is -4.67. The van der Waals surface area contributed by atoms with Gasteiger partial charge in [0.05, 0.1) is 0 Å². The third-order valence-electron chi connectivity index (χ3n) is 2.44. The second-order valence-corrected chi connectivity index (χ2v) is 6.24. The fourth-order valence-corrected chi connectivity index (χ4v) is 3.14. The molecular formula is C13H11BrF3NOS.